The van der Waals surface area contributed by atoms with Crippen LogP contribution in [0.1, 0.15) is 42.7 Å². The van der Waals surface area contributed by atoms with Gasteiger partial charge in [0.2, 0.25) is 0 Å². The van der Waals surface area contributed by atoms with E-state index in [0.29, 0.717) is 17.8 Å². The quantitative estimate of drug-likeness (QED) is 0.703. The lowest BCUT2D eigenvalue weighted by atomic mass is 9.83. The van der Waals surface area contributed by atoms with Crippen LogP contribution in [-0.2, 0) is 0 Å². The van der Waals surface area contributed by atoms with Crippen molar-refractivity contribution in [3.63, 3.8) is 0 Å². The third-order valence-electron chi connectivity index (χ3n) is 3.62. The van der Waals surface area contributed by atoms with Crippen molar-refractivity contribution in [2.45, 2.75) is 44.6 Å². The van der Waals surface area contributed by atoms with Gasteiger partial charge in [-0.15, -0.1) is 0 Å². The van der Waals surface area contributed by atoms with Crippen molar-refractivity contribution in [2.24, 2.45) is 0 Å². The van der Waals surface area contributed by atoms with Crippen molar-refractivity contribution in [1.29, 1.82) is 0 Å². The van der Waals surface area contributed by atoms with Crippen LogP contribution in [-0.4, -0.2) is 11.2 Å². The molecule has 15 heavy (non-hydrogen) atoms. The Morgan fingerprint density at radius 1 is 1.27 bits per heavy atom. The highest BCUT2D eigenvalue weighted by molar-refractivity contribution is 5.52. The fraction of sp³-hybridized carbons (Fsp3) is 0.538. The molecule has 0 aromatic heterocycles. The number of benzene rings is 1. The number of aryl methyl sites for hydroxylation is 1. The molecule has 1 aliphatic carbocycles. The van der Waals surface area contributed by atoms with Crippen LogP contribution in [0.25, 0.3) is 0 Å². The summed E-state index contributed by atoms with van der Waals surface area (Å²) in [6, 6.07) is 3.90. The molecule has 1 aromatic carbocycles. The van der Waals surface area contributed by atoms with Gasteiger partial charge in [-0.2, -0.15) is 0 Å². The summed E-state index contributed by atoms with van der Waals surface area (Å²) in [7, 11) is 0. The predicted octanol–water partition coefficient (Wildman–Crippen LogP) is 3.12. The number of ether oxygens (including phenoxy) is 1. The van der Waals surface area contributed by atoms with Crippen LogP contribution >= 0.6 is 0 Å². The second-order valence-corrected chi connectivity index (χ2v) is 4.74. The molecule has 0 spiro atoms. The van der Waals surface area contributed by atoms with Gasteiger partial charge in [-0.1, -0.05) is 6.42 Å². The van der Waals surface area contributed by atoms with Crippen molar-refractivity contribution in [3.05, 3.63) is 23.3 Å². The molecule has 80 valence electrons. The third kappa shape index (κ3) is 1.31. The number of rotatable bonds is 0. The standard InChI is InChI=1S/C13H16O2/c1-8-6-10(14)13-9-4-2-3-5-11(9)15-12(13)7-8/h6-7,9,11,14H,2-5H2,1H3. The summed E-state index contributed by atoms with van der Waals surface area (Å²) in [5.74, 6) is 1.79. The van der Waals surface area contributed by atoms with Crippen molar-refractivity contribution in [2.75, 3.05) is 0 Å². The lowest BCUT2D eigenvalue weighted by Gasteiger charge is -2.23. The first-order valence-electron chi connectivity index (χ1n) is 5.76. The van der Waals surface area contributed by atoms with Gasteiger partial charge in [0, 0.05) is 11.5 Å². The van der Waals surface area contributed by atoms with Crippen LogP contribution in [0.15, 0.2) is 12.1 Å². The molecule has 0 saturated heterocycles. The molecule has 1 aliphatic heterocycles. The molecule has 0 bridgehead atoms. The van der Waals surface area contributed by atoms with Gasteiger partial charge in [-0.3, -0.25) is 0 Å². The SMILES string of the molecule is Cc1cc(O)c2c(c1)OC1CCCCC21. The van der Waals surface area contributed by atoms with E-state index in [2.05, 4.69) is 0 Å². The van der Waals surface area contributed by atoms with Crippen LogP contribution in [0.4, 0.5) is 0 Å². The zero-order valence-electron chi connectivity index (χ0n) is 8.99. The number of hydrogen-bond acceptors (Lipinski definition) is 2. The molecule has 1 fully saturated rings. The summed E-state index contributed by atoms with van der Waals surface area (Å²) in [5.41, 5.74) is 2.13. The molecule has 2 nitrogen and oxygen atoms in total. The Morgan fingerprint density at radius 2 is 2.07 bits per heavy atom. The molecule has 0 radical (unpaired) electrons. The molecule has 0 amide bonds. The maximum Gasteiger partial charge on any atom is 0.127 e. The van der Waals surface area contributed by atoms with Gasteiger partial charge < -0.3 is 9.84 Å². The minimum Gasteiger partial charge on any atom is -0.508 e. The van der Waals surface area contributed by atoms with Crippen LogP contribution in [0, 0.1) is 6.92 Å². The van der Waals surface area contributed by atoms with Gasteiger partial charge in [0.15, 0.2) is 0 Å². The van der Waals surface area contributed by atoms with E-state index in [-0.39, 0.29) is 0 Å². The number of aromatic hydroxyl groups is 1. The first kappa shape index (κ1) is 9.08. The van der Waals surface area contributed by atoms with Crippen molar-refractivity contribution in [1.82, 2.24) is 0 Å². The van der Waals surface area contributed by atoms with Crippen LogP contribution in [0.3, 0.4) is 0 Å². The molecule has 1 aromatic rings. The zero-order valence-corrected chi connectivity index (χ0v) is 8.99. The zero-order chi connectivity index (χ0) is 10.4. The second kappa shape index (κ2) is 3.16. The Morgan fingerprint density at radius 3 is 2.93 bits per heavy atom. The second-order valence-electron chi connectivity index (χ2n) is 4.74. The van der Waals surface area contributed by atoms with E-state index in [4.69, 9.17) is 4.74 Å². The molecule has 2 unspecified atom stereocenters. The van der Waals surface area contributed by atoms with Gasteiger partial charge in [-0.05, 0) is 43.9 Å². The molecule has 3 rings (SSSR count). The Kier molecular flexibility index (Phi) is 1.91. The maximum absolute atomic E-state index is 9.97. The van der Waals surface area contributed by atoms with Gasteiger partial charge in [0.1, 0.15) is 17.6 Å². The number of phenols is 1. The summed E-state index contributed by atoms with van der Waals surface area (Å²) >= 11 is 0. The Bertz CT molecular complexity index is 398. The van der Waals surface area contributed by atoms with E-state index in [1.54, 1.807) is 0 Å². The monoisotopic (exact) mass is 204 g/mol. The van der Waals surface area contributed by atoms with Gasteiger partial charge in [-0.25, -0.2) is 0 Å². The van der Waals surface area contributed by atoms with Gasteiger partial charge >= 0.3 is 0 Å². The van der Waals surface area contributed by atoms with Crippen LogP contribution in [0.2, 0.25) is 0 Å². The average Bonchev–Trinajstić information content (AvgIpc) is 2.54. The minimum absolute atomic E-state index is 0.321. The van der Waals surface area contributed by atoms with Crippen molar-refractivity contribution < 1.29 is 9.84 Å². The molecule has 2 aliphatic rings. The summed E-state index contributed by atoms with van der Waals surface area (Å²) in [4.78, 5) is 0. The fourth-order valence-corrected chi connectivity index (χ4v) is 2.95. The van der Waals surface area contributed by atoms with Crippen molar-refractivity contribution >= 4 is 0 Å². The molecule has 2 heteroatoms. The summed E-state index contributed by atoms with van der Waals surface area (Å²) in [6.45, 7) is 1.99. The highest BCUT2D eigenvalue weighted by atomic mass is 16.5. The van der Waals surface area contributed by atoms with E-state index in [0.717, 1.165) is 29.7 Å². The van der Waals surface area contributed by atoms with Gasteiger partial charge in [0.25, 0.3) is 0 Å². The largest absolute Gasteiger partial charge is 0.508 e. The van der Waals surface area contributed by atoms with E-state index in [1.165, 1.54) is 12.8 Å². The normalized spacial score (nSPS) is 28.1. The molecular formula is C13H16O2. The first-order valence-corrected chi connectivity index (χ1v) is 5.76. The highest BCUT2D eigenvalue weighted by Crippen LogP contribution is 2.49. The maximum atomic E-state index is 9.97. The summed E-state index contributed by atoms with van der Waals surface area (Å²) in [6.07, 6.45) is 5.14. The summed E-state index contributed by atoms with van der Waals surface area (Å²) in [5, 5.41) is 9.97. The number of hydrogen-bond donors (Lipinski definition) is 1. The van der Waals surface area contributed by atoms with E-state index < -0.39 is 0 Å². The molecule has 2 atom stereocenters. The third-order valence-corrected chi connectivity index (χ3v) is 3.62. The fourth-order valence-electron chi connectivity index (χ4n) is 2.95. The number of phenolic OH excluding ortho intramolecular Hbond substituents is 1. The first-order chi connectivity index (χ1) is 7.25. The summed E-state index contributed by atoms with van der Waals surface area (Å²) < 4.78 is 5.91. The smallest absolute Gasteiger partial charge is 0.127 e. The van der Waals surface area contributed by atoms with E-state index in [9.17, 15) is 5.11 Å². The number of fused-ring (bicyclic) bond motifs is 3. The van der Waals surface area contributed by atoms with E-state index in [1.807, 2.05) is 19.1 Å². The lowest BCUT2D eigenvalue weighted by Crippen LogP contribution is -2.22. The van der Waals surface area contributed by atoms with Gasteiger partial charge in [0.05, 0.1) is 0 Å². The Labute approximate surface area is 89.9 Å². The highest BCUT2D eigenvalue weighted by Gasteiger charge is 2.38. The lowest BCUT2D eigenvalue weighted by molar-refractivity contribution is 0.163. The Hall–Kier alpha value is -1.18. The van der Waals surface area contributed by atoms with Crippen LogP contribution in [0.5, 0.6) is 11.5 Å². The molecule has 1 N–H and O–H groups in total. The molecule has 1 heterocycles. The molecule has 1 saturated carbocycles. The predicted molar refractivity (Wildman–Crippen MR) is 58.5 cm³/mol. The topological polar surface area (TPSA) is 29.5 Å². The minimum atomic E-state index is 0.321. The van der Waals surface area contributed by atoms with E-state index >= 15 is 0 Å². The Balaban J connectivity index is 2.08. The average molecular weight is 204 g/mol. The van der Waals surface area contributed by atoms with Crippen molar-refractivity contribution in [3.8, 4) is 11.5 Å². The van der Waals surface area contributed by atoms with Crippen LogP contribution < -0.4 is 4.74 Å². The molecular weight excluding hydrogens is 188 g/mol.